The molecule has 0 amide bonds. The number of hydrogen-bond acceptors (Lipinski definition) is 5. The van der Waals surface area contributed by atoms with Gasteiger partial charge in [0.2, 0.25) is 0 Å². The summed E-state index contributed by atoms with van der Waals surface area (Å²) in [5.41, 5.74) is 14.6. The maximum absolute atomic E-state index is 8.00. The lowest BCUT2D eigenvalue weighted by Gasteiger charge is -2.08. The minimum atomic E-state index is 0.704. The van der Waals surface area contributed by atoms with Crippen LogP contribution < -0.4 is 16.2 Å². The number of benzene rings is 3. The molecule has 4 aromatic rings. The summed E-state index contributed by atoms with van der Waals surface area (Å²) < 4.78 is 11.1. The summed E-state index contributed by atoms with van der Waals surface area (Å²) in [5.74, 6) is 2.58. The monoisotopic (exact) mass is 376 g/mol. The Morgan fingerprint density at radius 1 is 0.857 bits per heavy atom. The van der Waals surface area contributed by atoms with E-state index in [0.29, 0.717) is 5.69 Å². The zero-order chi connectivity index (χ0) is 20.5. The predicted molar refractivity (Wildman–Crippen MR) is 115 cm³/mol. The number of anilines is 2. The van der Waals surface area contributed by atoms with Gasteiger partial charge in [-0.3, -0.25) is 0 Å². The van der Waals surface area contributed by atoms with Crippen molar-refractivity contribution in [3.05, 3.63) is 84.1 Å². The molecule has 0 bridgehead atoms. The van der Waals surface area contributed by atoms with Crippen molar-refractivity contribution < 1.29 is 13.9 Å². The van der Waals surface area contributed by atoms with Gasteiger partial charge in [-0.1, -0.05) is 30.3 Å². The molecule has 0 aliphatic rings. The maximum atomic E-state index is 8.00. The van der Waals surface area contributed by atoms with Crippen LogP contribution in [0.1, 0.15) is 11.3 Å². The fourth-order valence-electron chi connectivity index (χ4n) is 2.62. The van der Waals surface area contributed by atoms with Crippen LogP contribution in [0, 0.1) is 13.8 Å². The molecule has 0 aliphatic carbocycles. The Hall–Kier alpha value is -3.73. The summed E-state index contributed by atoms with van der Waals surface area (Å²) in [6.45, 7) is 5.90. The second kappa shape index (κ2) is 9.83. The third-order valence-electron chi connectivity index (χ3n) is 3.87. The molecule has 5 nitrogen and oxygen atoms in total. The van der Waals surface area contributed by atoms with E-state index in [2.05, 4.69) is 0 Å². The number of furan rings is 1. The number of para-hydroxylation sites is 2. The predicted octanol–water partition coefficient (Wildman–Crippen LogP) is 5.51. The normalized spacial score (nSPS) is 9.64. The van der Waals surface area contributed by atoms with E-state index in [-0.39, 0.29) is 0 Å². The molecule has 0 saturated heterocycles. The Bertz CT molecular complexity index is 1030. The second-order valence-corrected chi connectivity index (χ2v) is 6.06. The number of nitrogen functional groups attached to an aromatic ring is 2. The molecule has 0 spiro atoms. The van der Waals surface area contributed by atoms with E-state index in [4.69, 9.17) is 25.4 Å². The number of nitrogens with two attached hydrogens (primary N) is 2. The smallest absolute Gasteiger partial charge is 0.157 e. The molecule has 144 valence electrons. The van der Waals surface area contributed by atoms with Gasteiger partial charge in [0.1, 0.15) is 24.0 Å². The van der Waals surface area contributed by atoms with Gasteiger partial charge >= 0.3 is 0 Å². The number of ether oxygens (including phenoxy) is 1. The van der Waals surface area contributed by atoms with Crippen molar-refractivity contribution in [1.29, 1.82) is 0 Å². The van der Waals surface area contributed by atoms with Crippen LogP contribution in [0.3, 0.4) is 0 Å². The molecule has 0 unspecified atom stereocenters. The molecule has 0 saturated carbocycles. The van der Waals surface area contributed by atoms with Gasteiger partial charge in [-0.2, -0.15) is 0 Å². The first-order valence-corrected chi connectivity index (χ1v) is 8.65. The molecule has 5 heteroatoms. The summed E-state index contributed by atoms with van der Waals surface area (Å²) >= 11 is 0. The molecule has 4 N–H and O–H groups in total. The van der Waals surface area contributed by atoms with E-state index in [1.165, 1.54) is 0 Å². The van der Waals surface area contributed by atoms with Gasteiger partial charge in [0, 0.05) is 11.1 Å². The second-order valence-electron chi connectivity index (χ2n) is 6.06. The minimum absolute atomic E-state index is 0.704. The maximum Gasteiger partial charge on any atom is 0.157 e. The van der Waals surface area contributed by atoms with Crippen molar-refractivity contribution in [3.8, 4) is 11.5 Å². The number of rotatable bonds is 2. The Morgan fingerprint density at radius 3 is 2.21 bits per heavy atom. The van der Waals surface area contributed by atoms with Gasteiger partial charge in [0.25, 0.3) is 0 Å². The number of aryl methyl sites for hydroxylation is 2. The summed E-state index contributed by atoms with van der Waals surface area (Å²) in [5, 5.41) is 1.07. The molecular formula is C23H24N2O3. The fourth-order valence-corrected chi connectivity index (χ4v) is 2.62. The largest absolute Gasteiger partial charge is 0.459 e. The molecule has 0 atom stereocenters. The van der Waals surface area contributed by atoms with Crippen LogP contribution in [0.15, 0.2) is 77.2 Å². The van der Waals surface area contributed by atoms with E-state index in [1.54, 1.807) is 0 Å². The first-order chi connectivity index (χ1) is 13.5. The Labute approximate surface area is 164 Å². The Kier molecular flexibility index (Phi) is 7.22. The van der Waals surface area contributed by atoms with Crippen LogP contribution in [-0.2, 0) is 4.79 Å². The molecule has 1 heterocycles. The first kappa shape index (κ1) is 20.6. The van der Waals surface area contributed by atoms with E-state index in [1.807, 2.05) is 93.4 Å². The van der Waals surface area contributed by atoms with Crippen LogP contribution >= 0.6 is 0 Å². The van der Waals surface area contributed by atoms with Crippen molar-refractivity contribution >= 4 is 29.1 Å². The minimum Gasteiger partial charge on any atom is -0.459 e. The Morgan fingerprint density at radius 2 is 1.57 bits per heavy atom. The SMILES string of the molecule is C=O.Cc1cc(N)ccc1Oc1ccccc1.Cc1cc2cccc(N)c2o1. The molecule has 4 rings (SSSR count). The van der Waals surface area contributed by atoms with E-state index < -0.39 is 0 Å². The van der Waals surface area contributed by atoms with Gasteiger partial charge in [-0.25, -0.2) is 0 Å². The first-order valence-electron chi connectivity index (χ1n) is 8.65. The lowest BCUT2D eigenvalue weighted by molar-refractivity contribution is -0.0979. The highest BCUT2D eigenvalue weighted by molar-refractivity contribution is 5.88. The van der Waals surface area contributed by atoms with Crippen molar-refractivity contribution in [1.82, 2.24) is 0 Å². The summed E-state index contributed by atoms with van der Waals surface area (Å²) in [7, 11) is 0. The molecule has 0 radical (unpaired) electrons. The van der Waals surface area contributed by atoms with Crippen LogP contribution in [0.5, 0.6) is 11.5 Å². The molecule has 0 fully saturated rings. The number of carbonyl (C=O) groups excluding carboxylic acids is 1. The molecule has 1 aromatic heterocycles. The topological polar surface area (TPSA) is 91.5 Å². The van der Waals surface area contributed by atoms with Gasteiger partial charge in [0.05, 0.1) is 5.69 Å². The van der Waals surface area contributed by atoms with E-state index >= 15 is 0 Å². The van der Waals surface area contributed by atoms with Crippen molar-refractivity contribution in [2.75, 3.05) is 11.5 Å². The zero-order valence-electron chi connectivity index (χ0n) is 16.0. The molecule has 28 heavy (non-hydrogen) atoms. The average Bonchev–Trinajstić information content (AvgIpc) is 3.09. The summed E-state index contributed by atoms with van der Waals surface area (Å²) in [4.78, 5) is 8.00. The van der Waals surface area contributed by atoms with Crippen molar-refractivity contribution in [2.24, 2.45) is 0 Å². The zero-order valence-corrected chi connectivity index (χ0v) is 16.0. The summed E-state index contributed by atoms with van der Waals surface area (Å²) in [6, 6.07) is 23.1. The van der Waals surface area contributed by atoms with Crippen molar-refractivity contribution in [3.63, 3.8) is 0 Å². The lowest BCUT2D eigenvalue weighted by atomic mass is 10.2. The highest BCUT2D eigenvalue weighted by Crippen LogP contribution is 2.26. The third kappa shape index (κ3) is 5.38. The molecular weight excluding hydrogens is 352 g/mol. The van der Waals surface area contributed by atoms with Crippen LogP contribution in [0.25, 0.3) is 11.0 Å². The van der Waals surface area contributed by atoms with Gasteiger partial charge < -0.3 is 25.4 Å². The highest BCUT2D eigenvalue weighted by atomic mass is 16.5. The van der Waals surface area contributed by atoms with E-state index in [9.17, 15) is 0 Å². The Balaban J connectivity index is 0.000000191. The van der Waals surface area contributed by atoms with Gasteiger partial charge in [-0.15, -0.1) is 0 Å². The fraction of sp³-hybridized carbons (Fsp3) is 0.0870. The van der Waals surface area contributed by atoms with Gasteiger partial charge in [-0.05, 0) is 61.9 Å². The third-order valence-corrected chi connectivity index (χ3v) is 3.87. The van der Waals surface area contributed by atoms with Crippen molar-refractivity contribution in [2.45, 2.75) is 13.8 Å². The van der Waals surface area contributed by atoms with Crippen LogP contribution in [0.2, 0.25) is 0 Å². The quantitative estimate of drug-likeness (QED) is 0.450. The van der Waals surface area contributed by atoms with Gasteiger partial charge in [0.15, 0.2) is 5.58 Å². The highest BCUT2D eigenvalue weighted by Gasteiger charge is 2.02. The van der Waals surface area contributed by atoms with Crippen LogP contribution in [-0.4, -0.2) is 6.79 Å². The molecule has 3 aromatic carbocycles. The number of carbonyl (C=O) groups is 1. The standard InChI is InChI=1S/C13H13NO.C9H9NO.CH2O/c1-10-9-11(14)7-8-13(10)15-12-5-3-2-4-6-12;1-6-5-7-3-2-4-8(10)9(7)11-6;1-2/h2-9H,14H2,1H3;2-5H,10H2,1H3;1H2. The average molecular weight is 376 g/mol. The number of fused-ring (bicyclic) bond motifs is 1. The van der Waals surface area contributed by atoms with Crippen LogP contribution in [0.4, 0.5) is 11.4 Å². The number of hydrogen-bond donors (Lipinski definition) is 2. The molecule has 0 aliphatic heterocycles. The van der Waals surface area contributed by atoms with E-state index in [0.717, 1.165) is 39.5 Å². The lowest BCUT2D eigenvalue weighted by Crippen LogP contribution is -1.90. The summed E-state index contributed by atoms with van der Waals surface area (Å²) in [6.07, 6.45) is 0.